The number of amides is 4. The van der Waals surface area contributed by atoms with Crippen molar-refractivity contribution in [2.45, 2.75) is 25.8 Å². The molecule has 1 atom stereocenters. The number of benzene rings is 1. The molecule has 0 bridgehead atoms. The second kappa shape index (κ2) is 6.09. The summed E-state index contributed by atoms with van der Waals surface area (Å²) in [5, 5.41) is 5.61. The standard InChI is InChI=1S/C16H14ClN3O4/c1-8-6-9(2-3-10(8)17)18-11-7-14(22)20(16(11)24)12-4-5-13(21)19-15(12)23/h2-3,6-7,12,18H,4-5H2,1H3,(H,19,21,23). The number of hydrogen-bond acceptors (Lipinski definition) is 5. The molecule has 1 aromatic carbocycles. The fourth-order valence-electron chi connectivity index (χ4n) is 2.68. The number of hydrogen-bond donors (Lipinski definition) is 2. The molecular formula is C16H14ClN3O4. The fraction of sp³-hybridized carbons (Fsp3) is 0.250. The summed E-state index contributed by atoms with van der Waals surface area (Å²) in [6.07, 6.45) is 1.37. The summed E-state index contributed by atoms with van der Waals surface area (Å²) in [7, 11) is 0. The average molecular weight is 348 g/mol. The van der Waals surface area contributed by atoms with Gasteiger partial charge in [-0.1, -0.05) is 11.6 Å². The number of nitrogens with one attached hydrogen (secondary N) is 2. The zero-order chi connectivity index (χ0) is 17.4. The van der Waals surface area contributed by atoms with Crippen LogP contribution in [0.15, 0.2) is 30.0 Å². The van der Waals surface area contributed by atoms with Crippen LogP contribution in [0.4, 0.5) is 5.69 Å². The predicted octanol–water partition coefficient (Wildman–Crippen LogP) is 1.12. The molecule has 4 amide bonds. The van der Waals surface area contributed by atoms with Crippen molar-refractivity contribution in [3.63, 3.8) is 0 Å². The number of carbonyl (C=O) groups is 4. The Balaban J connectivity index is 1.78. The normalized spacial score (nSPS) is 21.0. The molecule has 2 N–H and O–H groups in total. The molecule has 124 valence electrons. The highest BCUT2D eigenvalue weighted by atomic mass is 35.5. The number of aryl methyl sites for hydroxylation is 1. The highest BCUT2D eigenvalue weighted by molar-refractivity contribution is 6.31. The molecule has 8 heteroatoms. The van der Waals surface area contributed by atoms with Crippen LogP contribution in [-0.2, 0) is 19.2 Å². The van der Waals surface area contributed by atoms with Crippen molar-refractivity contribution < 1.29 is 19.2 Å². The first-order valence-electron chi connectivity index (χ1n) is 7.33. The Kier molecular flexibility index (Phi) is 4.11. The zero-order valence-corrected chi connectivity index (χ0v) is 13.5. The van der Waals surface area contributed by atoms with E-state index in [9.17, 15) is 19.2 Å². The maximum absolute atomic E-state index is 12.5. The number of rotatable bonds is 3. The second-order valence-corrected chi connectivity index (χ2v) is 6.03. The lowest BCUT2D eigenvalue weighted by molar-refractivity contribution is -0.149. The summed E-state index contributed by atoms with van der Waals surface area (Å²) >= 11 is 5.96. The molecule has 0 saturated carbocycles. The zero-order valence-electron chi connectivity index (χ0n) is 12.8. The average Bonchev–Trinajstić information content (AvgIpc) is 2.78. The summed E-state index contributed by atoms with van der Waals surface area (Å²) in [6.45, 7) is 1.82. The molecule has 7 nitrogen and oxygen atoms in total. The van der Waals surface area contributed by atoms with Crippen LogP contribution in [0.3, 0.4) is 0 Å². The first-order valence-corrected chi connectivity index (χ1v) is 7.70. The Morgan fingerprint density at radius 3 is 2.67 bits per heavy atom. The van der Waals surface area contributed by atoms with Crippen molar-refractivity contribution in [1.29, 1.82) is 0 Å². The SMILES string of the molecule is Cc1cc(NC2=CC(=O)N(C3CCC(=O)NC3=O)C2=O)ccc1Cl. The van der Waals surface area contributed by atoms with Crippen LogP contribution >= 0.6 is 11.6 Å². The number of anilines is 1. The van der Waals surface area contributed by atoms with Crippen LogP contribution in [0.2, 0.25) is 5.02 Å². The van der Waals surface area contributed by atoms with Gasteiger partial charge in [-0.25, -0.2) is 0 Å². The van der Waals surface area contributed by atoms with Gasteiger partial charge < -0.3 is 5.32 Å². The van der Waals surface area contributed by atoms with Gasteiger partial charge in [0.05, 0.1) is 0 Å². The summed E-state index contributed by atoms with van der Waals surface area (Å²) < 4.78 is 0. The van der Waals surface area contributed by atoms with Gasteiger partial charge in [-0.15, -0.1) is 0 Å². The molecule has 3 rings (SSSR count). The van der Waals surface area contributed by atoms with E-state index in [0.29, 0.717) is 10.7 Å². The van der Waals surface area contributed by atoms with Crippen molar-refractivity contribution in [3.8, 4) is 0 Å². The predicted molar refractivity (Wildman–Crippen MR) is 85.9 cm³/mol. The van der Waals surface area contributed by atoms with E-state index in [-0.39, 0.29) is 18.5 Å². The molecule has 2 aliphatic heterocycles. The van der Waals surface area contributed by atoms with Gasteiger partial charge in [0, 0.05) is 23.2 Å². The molecule has 1 aromatic rings. The van der Waals surface area contributed by atoms with E-state index in [1.54, 1.807) is 18.2 Å². The quantitative estimate of drug-likeness (QED) is 0.799. The van der Waals surface area contributed by atoms with E-state index in [1.807, 2.05) is 6.92 Å². The fourth-order valence-corrected chi connectivity index (χ4v) is 2.79. The highest BCUT2D eigenvalue weighted by Crippen LogP contribution is 2.25. The van der Waals surface area contributed by atoms with Crippen molar-refractivity contribution >= 4 is 40.9 Å². The highest BCUT2D eigenvalue weighted by Gasteiger charge is 2.42. The van der Waals surface area contributed by atoms with Gasteiger partial charge in [0.2, 0.25) is 11.8 Å². The molecule has 2 heterocycles. The minimum atomic E-state index is -0.967. The molecule has 1 fully saturated rings. The minimum Gasteiger partial charge on any atom is -0.351 e. The third-order valence-electron chi connectivity index (χ3n) is 3.91. The van der Waals surface area contributed by atoms with Crippen LogP contribution in [0, 0.1) is 6.92 Å². The minimum absolute atomic E-state index is 0.0754. The molecular weight excluding hydrogens is 334 g/mol. The molecule has 0 aliphatic carbocycles. The summed E-state index contributed by atoms with van der Waals surface area (Å²) in [5.74, 6) is -2.21. The van der Waals surface area contributed by atoms with Crippen molar-refractivity contribution in [2.24, 2.45) is 0 Å². The van der Waals surface area contributed by atoms with Crippen molar-refractivity contribution in [2.75, 3.05) is 5.32 Å². The Hall–Kier alpha value is -2.67. The lowest BCUT2D eigenvalue weighted by Crippen LogP contribution is -2.54. The lowest BCUT2D eigenvalue weighted by Gasteiger charge is -2.28. The first kappa shape index (κ1) is 16.2. The Morgan fingerprint density at radius 2 is 2.00 bits per heavy atom. The van der Waals surface area contributed by atoms with Gasteiger partial charge in [-0.05, 0) is 37.1 Å². The third-order valence-corrected chi connectivity index (χ3v) is 4.34. The summed E-state index contributed by atoms with van der Waals surface area (Å²) in [5.41, 5.74) is 1.50. The van der Waals surface area contributed by atoms with E-state index in [2.05, 4.69) is 10.6 Å². The molecule has 2 aliphatic rings. The van der Waals surface area contributed by atoms with Gasteiger partial charge in [-0.3, -0.25) is 29.4 Å². The largest absolute Gasteiger partial charge is 0.351 e. The molecule has 1 unspecified atom stereocenters. The Morgan fingerprint density at radius 1 is 1.25 bits per heavy atom. The Labute approximate surface area is 142 Å². The van der Waals surface area contributed by atoms with Gasteiger partial charge in [0.15, 0.2) is 0 Å². The topological polar surface area (TPSA) is 95.6 Å². The maximum atomic E-state index is 12.5. The molecule has 24 heavy (non-hydrogen) atoms. The van der Waals surface area contributed by atoms with Crippen molar-refractivity contribution in [3.05, 3.63) is 40.6 Å². The smallest absolute Gasteiger partial charge is 0.278 e. The monoisotopic (exact) mass is 347 g/mol. The summed E-state index contributed by atoms with van der Waals surface area (Å²) in [6, 6.07) is 4.14. The van der Waals surface area contributed by atoms with E-state index in [4.69, 9.17) is 11.6 Å². The van der Waals surface area contributed by atoms with Crippen LogP contribution in [0.5, 0.6) is 0 Å². The Bertz CT molecular complexity index is 803. The number of imide groups is 2. The number of halogens is 1. The van der Waals surface area contributed by atoms with Gasteiger partial charge in [0.25, 0.3) is 11.8 Å². The van der Waals surface area contributed by atoms with Crippen molar-refractivity contribution in [1.82, 2.24) is 10.2 Å². The first-order chi connectivity index (χ1) is 11.4. The third kappa shape index (κ3) is 2.90. The van der Waals surface area contributed by atoms with Crippen LogP contribution < -0.4 is 10.6 Å². The van der Waals surface area contributed by atoms with Crippen LogP contribution in [-0.4, -0.2) is 34.6 Å². The molecule has 0 spiro atoms. The van der Waals surface area contributed by atoms with Crippen LogP contribution in [0.25, 0.3) is 0 Å². The van der Waals surface area contributed by atoms with E-state index < -0.39 is 29.7 Å². The van der Waals surface area contributed by atoms with E-state index >= 15 is 0 Å². The molecule has 0 radical (unpaired) electrons. The van der Waals surface area contributed by atoms with Crippen LogP contribution in [0.1, 0.15) is 18.4 Å². The number of piperidine rings is 1. The maximum Gasteiger partial charge on any atom is 0.278 e. The number of nitrogens with zero attached hydrogens (tertiary/aromatic N) is 1. The number of carbonyl (C=O) groups excluding carboxylic acids is 4. The van der Waals surface area contributed by atoms with Gasteiger partial charge in [0.1, 0.15) is 11.7 Å². The molecule has 1 saturated heterocycles. The molecule has 0 aromatic heterocycles. The van der Waals surface area contributed by atoms with Gasteiger partial charge >= 0.3 is 0 Å². The van der Waals surface area contributed by atoms with E-state index in [0.717, 1.165) is 16.5 Å². The van der Waals surface area contributed by atoms with Gasteiger partial charge in [-0.2, -0.15) is 0 Å². The lowest BCUT2D eigenvalue weighted by atomic mass is 10.0. The van der Waals surface area contributed by atoms with E-state index in [1.165, 1.54) is 0 Å². The second-order valence-electron chi connectivity index (χ2n) is 5.63. The summed E-state index contributed by atoms with van der Waals surface area (Å²) in [4.78, 5) is 48.6.